The summed E-state index contributed by atoms with van der Waals surface area (Å²) in [5.74, 6) is -1.05. The van der Waals surface area contributed by atoms with Crippen LogP contribution in [0.5, 0.6) is 0 Å². The van der Waals surface area contributed by atoms with E-state index in [1.54, 1.807) is 0 Å². The summed E-state index contributed by atoms with van der Waals surface area (Å²) in [4.78, 5) is 38.1. The van der Waals surface area contributed by atoms with Gasteiger partial charge >= 0.3 is 17.9 Å². The normalized spacial score (nSPS) is 13.2. The van der Waals surface area contributed by atoms with E-state index in [2.05, 4.69) is 81.5 Å². The lowest BCUT2D eigenvalue weighted by molar-refractivity contribution is -0.166. The molecule has 0 aliphatic heterocycles. The first kappa shape index (κ1) is 63.6. The van der Waals surface area contributed by atoms with Gasteiger partial charge in [-0.25, -0.2) is 0 Å². The second-order valence-electron chi connectivity index (χ2n) is 17.5. The topological polar surface area (TPSA) is 78.9 Å². The van der Waals surface area contributed by atoms with E-state index in [9.17, 15) is 14.4 Å². The van der Waals surface area contributed by atoms with E-state index in [1.165, 1.54) is 89.9 Å². The monoisotopic (exact) mass is 939 g/mol. The summed E-state index contributed by atoms with van der Waals surface area (Å²) in [6.07, 6.45) is 77.3. The minimum atomic E-state index is -0.830. The van der Waals surface area contributed by atoms with Crippen LogP contribution in [-0.2, 0) is 28.6 Å². The molecule has 0 saturated carbocycles. The van der Waals surface area contributed by atoms with Crippen LogP contribution in [0.4, 0.5) is 0 Å². The number of carbonyl (C=O) groups excluding carboxylic acids is 3. The summed E-state index contributed by atoms with van der Waals surface area (Å²) < 4.78 is 16.7. The standard InChI is InChI=1S/C62H98O6/c1-4-7-10-13-16-19-22-25-28-31-34-37-40-43-46-49-52-55-61(64)67-58-59(57-66-60(63)54-51-48-45-42-39-36-33-30-27-24-21-18-15-12-9-6-3)68-62(65)56-53-50-47-44-41-38-35-32-29-26-23-20-17-14-11-8-5-2/h7,9-10,12-13,16,18-19,21-22,25,27-28,30-31,34,36-37,39-40,45,48,59H,4-6,8,11,14-15,17,20,23-24,26,29,32-33,35,38,41-44,46-47,49-58H2,1-3H3/b10-7-,12-9-,16-13-,21-18-,22-19-,28-25-,30-27-,34-31+,39-36-,40-37-,48-45-. The first-order valence-electron chi connectivity index (χ1n) is 27.3. The number of esters is 3. The molecule has 1 atom stereocenters. The molecule has 68 heavy (non-hydrogen) atoms. The van der Waals surface area contributed by atoms with Gasteiger partial charge in [0, 0.05) is 19.3 Å². The highest BCUT2D eigenvalue weighted by Crippen LogP contribution is 2.15. The maximum Gasteiger partial charge on any atom is 0.306 e. The molecule has 0 spiro atoms. The zero-order chi connectivity index (χ0) is 49.3. The fraction of sp³-hybridized carbons (Fsp3) is 0.597. The molecule has 6 heteroatoms. The summed E-state index contributed by atoms with van der Waals surface area (Å²) in [7, 11) is 0. The molecule has 0 aromatic carbocycles. The van der Waals surface area contributed by atoms with Crippen LogP contribution in [-0.4, -0.2) is 37.2 Å². The summed E-state index contributed by atoms with van der Waals surface area (Å²) in [6, 6.07) is 0. The van der Waals surface area contributed by atoms with Gasteiger partial charge in [-0.2, -0.15) is 0 Å². The van der Waals surface area contributed by atoms with E-state index in [4.69, 9.17) is 14.2 Å². The molecule has 0 radical (unpaired) electrons. The van der Waals surface area contributed by atoms with Crippen molar-refractivity contribution in [2.24, 2.45) is 0 Å². The van der Waals surface area contributed by atoms with Crippen molar-refractivity contribution in [2.45, 2.75) is 226 Å². The molecule has 0 aliphatic carbocycles. The Morgan fingerprint density at radius 2 is 0.676 bits per heavy atom. The van der Waals surface area contributed by atoms with Crippen molar-refractivity contribution < 1.29 is 28.6 Å². The number of allylic oxidation sites excluding steroid dienone is 22. The van der Waals surface area contributed by atoms with Gasteiger partial charge in [-0.15, -0.1) is 0 Å². The molecule has 0 aliphatic rings. The summed E-state index contributed by atoms with van der Waals surface area (Å²) >= 11 is 0. The molecule has 0 bridgehead atoms. The van der Waals surface area contributed by atoms with E-state index < -0.39 is 6.10 Å². The highest BCUT2D eigenvalue weighted by atomic mass is 16.6. The molecular formula is C62H98O6. The van der Waals surface area contributed by atoms with Crippen LogP contribution < -0.4 is 0 Å². The molecule has 0 saturated heterocycles. The first-order valence-corrected chi connectivity index (χ1v) is 27.3. The third-order valence-corrected chi connectivity index (χ3v) is 11.1. The molecular weight excluding hydrogens is 841 g/mol. The van der Waals surface area contributed by atoms with Crippen LogP contribution in [0.25, 0.3) is 0 Å². The number of unbranched alkanes of at least 4 members (excludes halogenated alkanes) is 19. The average Bonchev–Trinajstić information content (AvgIpc) is 3.34. The Morgan fingerprint density at radius 3 is 1.13 bits per heavy atom. The summed E-state index contributed by atoms with van der Waals surface area (Å²) in [6.45, 7) is 6.27. The van der Waals surface area contributed by atoms with Crippen LogP contribution in [0.1, 0.15) is 220 Å². The molecule has 382 valence electrons. The lowest BCUT2D eigenvalue weighted by Crippen LogP contribution is -2.30. The predicted molar refractivity (Wildman–Crippen MR) is 292 cm³/mol. The Kier molecular flexibility index (Phi) is 51.5. The zero-order valence-corrected chi connectivity index (χ0v) is 43.6. The van der Waals surface area contributed by atoms with Gasteiger partial charge in [-0.1, -0.05) is 264 Å². The second-order valence-corrected chi connectivity index (χ2v) is 17.5. The molecule has 0 heterocycles. The predicted octanol–water partition coefficient (Wildman–Crippen LogP) is 18.3. The van der Waals surface area contributed by atoms with Crippen LogP contribution in [0.2, 0.25) is 0 Å². The molecule has 0 N–H and O–H groups in total. The number of carbonyl (C=O) groups is 3. The molecule has 0 rings (SSSR count). The van der Waals surface area contributed by atoms with Gasteiger partial charge in [0.05, 0.1) is 0 Å². The van der Waals surface area contributed by atoms with Gasteiger partial charge in [-0.05, 0) is 70.6 Å². The molecule has 1 unspecified atom stereocenters. The molecule has 0 aromatic rings. The fourth-order valence-electron chi connectivity index (χ4n) is 7.05. The lowest BCUT2D eigenvalue weighted by Gasteiger charge is -2.18. The van der Waals surface area contributed by atoms with Crippen LogP contribution in [0.15, 0.2) is 134 Å². The van der Waals surface area contributed by atoms with Crippen molar-refractivity contribution >= 4 is 17.9 Å². The largest absolute Gasteiger partial charge is 0.462 e. The van der Waals surface area contributed by atoms with E-state index in [0.29, 0.717) is 19.3 Å². The minimum absolute atomic E-state index is 0.127. The number of rotatable bonds is 47. The van der Waals surface area contributed by atoms with Gasteiger partial charge in [-0.3, -0.25) is 14.4 Å². The zero-order valence-electron chi connectivity index (χ0n) is 43.6. The van der Waals surface area contributed by atoms with Crippen molar-refractivity contribution in [1.82, 2.24) is 0 Å². The molecule has 0 aromatic heterocycles. The van der Waals surface area contributed by atoms with E-state index >= 15 is 0 Å². The van der Waals surface area contributed by atoms with Gasteiger partial charge < -0.3 is 14.2 Å². The van der Waals surface area contributed by atoms with Gasteiger partial charge in [0.25, 0.3) is 0 Å². The SMILES string of the molecule is CC\C=C/C=C\C=C/C=C\C=C\C=C/CCCCCC(=O)OCC(COC(=O)CC/C=C\C/C=C\C/C=C\C/C=C\C/C=C\CC)OC(=O)CCCCCCCCCCCCCCCCCCC. The molecule has 6 nitrogen and oxygen atoms in total. The number of hydrogen-bond acceptors (Lipinski definition) is 6. The number of hydrogen-bond donors (Lipinski definition) is 0. The maximum absolute atomic E-state index is 12.8. The summed E-state index contributed by atoms with van der Waals surface area (Å²) in [5, 5.41) is 0. The van der Waals surface area contributed by atoms with Gasteiger partial charge in [0.15, 0.2) is 6.10 Å². The van der Waals surface area contributed by atoms with E-state index in [1.807, 2.05) is 72.9 Å². The maximum atomic E-state index is 12.8. The highest BCUT2D eigenvalue weighted by Gasteiger charge is 2.19. The van der Waals surface area contributed by atoms with Crippen molar-refractivity contribution in [1.29, 1.82) is 0 Å². The molecule has 0 fully saturated rings. The van der Waals surface area contributed by atoms with Crippen LogP contribution in [0, 0.1) is 0 Å². The average molecular weight is 939 g/mol. The van der Waals surface area contributed by atoms with Crippen molar-refractivity contribution in [2.75, 3.05) is 13.2 Å². The Morgan fingerprint density at radius 1 is 0.324 bits per heavy atom. The first-order chi connectivity index (χ1) is 33.5. The van der Waals surface area contributed by atoms with Crippen molar-refractivity contribution in [3.8, 4) is 0 Å². The third-order valence-electron chi connectivity index (χ3n) is 11.1. The van der Waals surface area contributed by atoms with Gasteiger partial charge in [0.1, 0.15) is 13.2 Å². The molecule has 0 amide bonds. The highest BCUT2D eigenvalue weighted by molar-refractivity contribution is 5.71. The minimum Gasteiger partial charge on any atom is -0.462 e. The quantitative estimate of drug-likeness (QED) is 0.0199. The van der Waals surface area contributed by atoms with Crippen molar-refractivity contribution in [3.05, 3.63) is 134 Å². The van der Waals surface area contributed by atoms with Crippen molar-refractivity contribution in [3.63, 3.8) is 0 Å². The van der Waals surface area contributed by atoms with E-state index in [-0.39, 0.29) is 37.5 Å². The fourth-order valence-corrected chi connectivity index (χ4v) is 7.05. The Hall–Kier alpha value is -4.45. The Labute approximate surface area is 417 Å². The second kappa shape index (κ2) is 55.1. The Bertz CT molecular complexity index is 1500. The third kappa shape index (κ3) is 52.5. The lowest BCUT2D eigenvalue weighted by atomic mass is 10.0. The van der Waals surface area contributed by atoms with Gasteiger partial charge in [0.2, 0.25) is 0 Å². The van der Waals surface area contributed by atoms with Crippen LogP contribution >= 0.6 is 0 Å². The summed E-state index contributed by atoms with van der Waals surface area (Å²) in [5.41, 5.74) is 0. The van der Waals surface area contributed by atoms with E-state index in [0.717, 1.165) is 83.5 Å². The Balaban J connectivity index is 4.58. The van der Waals surface area contributed by atoms with Crippen LogP contribution in [0.3, 0.4) is 0 Å². The number of ether oxygens (including phenoxy) is 3. The smallest absolute Gasteiger partial charge is 0.306 e.